The van der Waals surface area contributed by atoms with E-state index < -0.39 is 0 Å². The average Bonchev–Trinajstić information content (AvgIpc) is 3.21. The number of rotatable bonds is 9. The Morgan fingerprint density at radius 1 is 1.19 bits per heavy atom. The number of hydrogen-bond acceptors (Lipinski definition) is 6. The Morgan fingerprint density at radius 3 is 2.66 bits per heavy atom. The van der Waals surface area contributed by atoms with Crippen LogP contribution in [-0.4, -0.2) is 33.5 Å². The van der Waals surface area contributed by atoms with Crippen LogP contribution in [0.3, 0.4) is 0 Å². The molecule has 3 aromatic rings. The summed E-state index contributed by atoms with van der Waals surface area (Å²) < 4.78 is 14.3. The minimum atomic E-state index is -0.314. The van der Waals surface area contributed by atoms with Crippen molar-refractivity contribution in [1.82, 2.24) is 14.8 Å². The van der Waals surface area contributed by atoms with Crippen LogP contribution in [0.15, 0.2) is 46.0 Å². The number of methoxy groups -OCH3 is 1. The molecule has 0 aliphatic heterocycles. The fraction of sp³-hybridized carbons (Fsp3) is 0.348. The first-order chi connectivity index (χ1) is 15.3. The molecule has 2 aromatic carbocycles. The van der Waals surface area contributed by atoms with Gasteiger partial charge in [0.2, 0.25) is 5.91 Å². The molecule has 1 atom stereocenters. The zero-order valence-corrected chi connectivity index (χ0v) is 21.2. The van der Waals surface area contributed by atoms with Gasteiger partial charge in [-0.1, -0.05) is 33.8 Å². The molecule has 1 heterocycles. The summed E-state index contributed by atoms with van der Waals surface area (Å²) in [6.45, 7) is 8.62. The molecular weight excluding hydrogens is 492 g/mol. The molecule has 1 amide bonds. The smallest absolute Gasteiger partial charge is 0.234 e. The molecule has 170 valence electrons. The van der Waals surface area contributed by atoms with Crippen LogP contribution in [0.4, 0.5) is 5.69 Å². The number of nitrogens with one attached hydrogen (secondary N) is 1. The van der Waals surface area contributed by atoms with Crippen LogP contribution >= 0.6 is 27.7 Å². The van der Waals surface area contributed by atoms with Crippen molar-refractivity contribution >= 4 is 39.3 Å². The molecule has 0 spiro atoms. The molecule has 32 heavy (non-hydrogen) atoms. The highest BCUT2D eigenvalue weighted by Gasteiger charge is 2.20. The lowest BCUT2D eigenvalue weighted by atomic mass is 10.1. The molecule has 7 nitrogen and oxygen atoms in total. The van der Waals surface area contributed by atoms with E-state index in [1.165, 1.54) is 11.8 Å². The Morgan fingerprint density at radius 2 is 1.94 bits per heavy atom. The van der Waals surface area contributed by atoms with E-state index in [0.29, 0.717) is 23.3 Å². The maximum Gasteiger partial charge on any atom is 0.234 e. The van der Waals surface area contributed by atoms with Crippen molar-refractivity contribution in [2.75, 3.05) is 18.2 Å². The van der Waals surface area contributed by atoms with Crippen LogP contribution in [0.1, 0.15) is 36.9 Å². The van der Waals surface area contributed by atoms with Crippen molar-refractivity contribution in [2.45, 2.75) is 45.5 Å². The van der Waals surface area contributed by atoms with Gasteiger partial charge in [-0.05, 0) is 63.1 Å². The molecular formula is C23H27BrN4O3S. The Bertz CT molecular complexity index is 1100. The number of halogens is 1. The molecule has 0 fully saturated rings. The molecule has 0 bridgehead atoms. The highest BCUT2D eigenvalue weighted by molar-refractivity contribution is 9.10. The summed E-state index contributed by atoms with van der Waals surface area (Å²) in [5.41, 5.74) is 2.96. The van der Waals surface area contributed by atoms with E-state index in [1.54, 1.807) is 7.11 Å². The number of aromatic nitrogens is 3. The monoisotopic (exact) mass is 518 g/mol. The summed E-state index contributed by atoms with van der Waals surface area (Å²) in [4.78, 5) is 12.5. The molecule has 1 unspecified atom stereocenters. The Hall–Kier alpha value is -2.52. The Labute approximate surface area is 201 Å². The second-order valence-corrected chi connectivity index (χ2v) is 9.00. The molecule has 1 N–H and O–H groups in total. The second-order valence-electron chi connectivity index (χ2n) is 7.21. The molecule has 0 aliphatic carbocycles. The van der Waals surface area contributed by atoms with Gasteiger partial charge in [0.1, 0.15) is 11.5 Å². The molecule has 3 rings (SSSR count). The van der Waals surface area contributed by atoms with Gasteiger partial charge in [0.05, 0.1) is 12.9 Å². The highest BCUT2D eigenvalue weighted by Crippen LogP contribution is 2.28. The summed E-state index contributed by atoms with van der Waals surface area (Å²) in [6, 6.07) is 11.3. The molecule has 0 aliphatic rings. The first-order valence-corrected chi connectivity index (χ1v) is 12.0. The van der Waals surface area contributed by atoms with E-state index in [1.807, 2.05) is 68.7 Å². The topological polar surface area (TPSA) is 78.3 Å². The number of thioether (sulfide) groups is 1. The normalized spacial score (nSPS) is 11.8. The predicted molar refractivity (Wildman–Crippen MR) is 131 cm³/mol. The number of benzene rings is 2. The fourth-order valence-electron chi connectivity index (χ4n) is 3.18. The third-order valence-corrected chi connectivity index (χ3v) is 6.93. The number of hydrogen-bond donors (Lipinski definition) is 1. The van der Waals surface area contributed by atoms with Gasteiger partial charge >= 0.3 is 0 Å². The van der Waals surface area contributed by atoms with Crippen molar-refractivity contribution in [3.05, 3.63) is 57.8 Å². The molecule has 0 radical (unpaired) electrons. The summed E-state index contributed by atoms with van der Waals surface area (Å²) >= 11 is 4.87. The maximum absolute atomic E-state index is 12.5. The van der Waals surface area contributed by atoms with Crippen LogP contribution < -0.4 is 14.8 Å². The summed E-state index contributed by atoms with van der Waals surface area (Å²) in [7, 11) is 1.62. The van der Waals surface area contributed by atoms with E-state index in [4.69, 9.17) is 9.47 Å². The lowest BCUT2D eigenvalue weighted by Crippen LogP contribution is -2.16. The maximum atomic E-state index is 12.5. The predicted octanol–water partition coefficient (Wildman–Crippen LogP) is 5.56. The number of carbonyl (C=O) groups excluding carboxylic acids is 1. The van der Waals surface area contributed by atoms with Crippen molar-refractivity contribution in [3.8, 4) is 11.5 Å². The van der Waals surface area contributed by atoms with Gasteiger partial charge in [0.15, 0.2) is 17.1 Å². The van der Waals surface area contributed by atoms with Crippen LogP contribution in [0, 0.1) is 13.8 Å². The zero-order valence-electron chi connectivity index (χ0n) is 18.8. The van der Waals surface area contributed by atoms with E-state index in [2.05, 4.69) is 31.4 Å². The summed E-state index contributed by atoms with van der Waals surface area (Å²) in [5, 5.41) is 12.3. The standard InChI is InChI=1S/C23H27BrN4O3S/c1-6-28-22(16(4)31-18-9-7-8-17(12-18)30-5)26-27-23(28)32-13-21(29)25-20-11-10-19(24)14(2)15(20)3/h7-12,16H,6,13H2,1-5H3,(H,25,29). The van der Waals surface area contributed by atoms with Crippen LogP contribution in [0.2, 0.25) is 0 Å². The van der Waals surface area contributed by atoms with Crippen molar-refractivity contribution < 1.29 is 14.3 Å². The molecule has 0 saturated heterocycles. The van der Waals surface area contributed by atoms with Gasteiger partial charge < -0.3 is 19.4 Å². The van der Waals surface area contributed by atoms with Crippen molar-refractivity contribution in [1.29, 1.82) is 0 Å². The number of anilines is 1. The largest absolute Gasteiger partial charge is 0.497 e. The van der Waals surface area contributed by atoms with Gasteiger partial charge in [-0.15, -0.1) is 10.2 Å². The number of amides is 1. The quantitative estimate of drug-likeness (QED) is 0.373. The first-order valence-electron chi connectivity index (χ1n) is 10.3. The van der Waals surface area contributed by atoms with Crippen LogP contribution in [0.25, 0.3) is 0 Å². The number of ether oxygens (including phenoxy) is 2. The van der Waals surface area contributed by atoms with Crippen LogP contribution in [-0.2, 0) is 11.3 Å². The summed E-state index contributed by atoms with van der Waals surface area (Å²) in [6.07, 6.45) is -0.314. The SMILES string of the molecule is CCn1c(SCC(=O)Nc2ccc(Br)c(C)c2C)nnc1C(C)Oc1cccc(OC)c1. The second kappa shape index (κ2) is 10.9. The molecule has 1 aromatic heterocycles. The lowest BCUT2D eigenvalue weighted by molar-refractivity contribution is -0.113. The van der Waals surface area contributed by atoms with E-state index in [-0.39, 0.29) is 17.8 Å². The van der Waals surface area contributed by atoms with Crippen molar-refractivity contribution in [2.24, 2.45) is 0 Å². The zero-order chi connectivity index (χ0) is 23.3. The minimum absolute atomic E-state index is 0.0901. The van der Waals surface area contributed by atoms with Crippen molar-refractivity contribution in [3.63, 3.8) is 0 Å². The number of carbonyl (C=O) groups is 1. The molecule has 0 saturated carbocycles. The Kier molecular flexibility index (Phi) is 8.20. The van der Waals surface area contributed by atoms with E-state index in [0.717, 1.165) is 27.0 Å². The third kappa shape index (κ3) is 5.63. The van der Waals surface area contributed by atoms with E-state index >= 15 is 0 Å². The fourth-order valence-corrected chi connectivity index (χ4v) is 4.41. The van der Waals surface area contributed by atoms with Crippen LogP contribution in [0.5, 0.6) is 11.5 Å². The minimum Gasteiger partial charge on any atom is -0.497 e. The van der Waals surface area contributed by atoms with E-state index in [9.17, 15) is 4.79 Å². The Balaban J connectivity index is 1.65. The third-order valence-electron chi connectivity index (χ3n) is 5.11. The van der Waals surface area contributed by atoms with Gasteiger partial charge in [-0.25, -0.2) is 0 Å². The van der Waals surface area contributed by atoms with Gasteiger partial charge in [-0.2, -0.15) is 0 Å². The molecule has 9 heteroatoms. The first kappa shape index (κ1) is 24.1. The van der Waals surface area contributed by atoms with Gasteiger partial charge in [0.25, 0.3) is 0 Å². The number of nitrogens with zero attached hydrogens (tertiary/aromatic N) is 3. The highest BCUT2D eigenvalue weighted by atomic mass is 79.9. The average molecular weight is 519 g/mol. The summed E-state index contributed by atoms with van der Waals surface area (Å²) in [5.74, 6) is 2.27. The van der Waals surface area contributed by atoms with Gasteiger partial charge in [0, 0.05) is 22.8 Å². The lowest BCUT2D eigenvalue weighted by Gasteiger charge is -2.16. The van der Waals surface area contributed by atoms with Gasteiger partial charge in [-0.3, -0.25) is 4.79 Å².